The predicted octanol–water partition coefficient (Wildman–Crippen LogP) is 2.08. The second-order valence-corrected chi connectivity index (χ2v) is 6.32. The molecular weight excluding hydrogens is 274 g/mol. The number of ether oxygens (including phenoxy) is 1. The van der Waals surface area contributed by atoms with Gasteiger partial charge in [0.15, 0.2) is 0 Å². The molecule has 2 heterocycles. The minimum Gasteiger partial charge on any atom is -0.397 e. The van der Waals surface area contributed by atoms with Gasteiger partial charge >= 0.3 is 0 Å². The van der Waals surface area contributed by atoms with Gasteiger partial charge in [-0.2, -0.15) is 0 Å². The van der Waals surface area contributed by atoms with Crippen LogP contribution in [-0.2, 0) is 4.74 Å². The van der Waals surface area contributed by atoms with Crippen LogP contribution in [0.4, 0.5) is 10.7 Å². The van der Waals surface area contributed by atoms with E-state index < -0.39 is 0 Å². The molecule has 0 spiro atoms. The number of hydrogen-bond acceptors (Lipinski definition) is 5. The number of hydrogen-bond donors (Lipinski definition) is 2. The van der Waals surface area contributed by atoms with Gasteiger partial charge in [0.1, 0.15) is 4.88 Å². The maximum atomic E-state index is 12.0. The zero-order valence-electron chi connectivity index (χ0n) is 12.3. The van der Waals surface area contributed by atoms with Crippen molar-refractivity contribution in [2.75, 3.05) is 30.3 Å². The maximum absolute atomic E-state index is 12.0. The molecule has 1 aliphatic heterocycles. The molecule has 1 aliphatic rings. The second kappa shape index (κ2) is 6.45. The van der Waals surface area contributed by atoms with E-state index in [0.717, 1.165) is 24.5 Å². The van der Waals surface area contributed by atoms with Crippen LogP contribution >= 0.6 is 11.3 Å². The highest BCUT2D eigenvalue weighted by Gasteiger charge is 2.25. The Hall–Kier alpha value is -1.27. The molecule has 1 fully saturated rings. The van der Waals surface area contributed by atoms with Crippen LogP contribution in [0.25, 0.3) is 0 Å². The number of amides is 1. The van der Waals surface area contributed by atoms with Crippen LogP contribution in [-0.4, -0.2) is 37.7 Å². The van der Waals surface area contributed by atoms with Gasteiger partial charge in [-0.25, -0.2) is 0 Å². The lowest BCUT2D eigenvalue weighted by molar-refractivity contribution is -0.00500. The van der Waals surface area contributed by atoms with Gasteiger partial charge in [0.05, 0.1) is 22.9 Å². The number of nitrogens with zero attached hydrogens (tertiary/aromatic N) is 1. The Balaban J connectivity index is 2.12. The van der Waals surface area contributed by atoms with Gasteiger partial charge < -0.3 is 20.7 Å². The van der Waals surface area contributed by atoms with Crippen LogP contribution in [0.5, 0.6) is 0 Å². The smallest absolute Gasteiger partial charge is 0.263 e. The average molecular weight is 297 g/mol. The summed E-state index contributed by atoms with van der Waals surface area (Å²) in [6, 6.07) is 1.90. The quantitative estimate of drug-likeness (QED) is 0.893. The van der Waals surface area contributed by atoms with E-state index >= 15 is 0 Å². The van der Waals surface area contributed by atoms with Crippen molar-refractivity contribution < 1.29 is 9.53 Å². The van der Waals surface area contributed by atoms with Crippen molar-refractivity contribution >= 4 is 27.9 Å². The molecule has 0 unspecified atom stereocenters. The van der Waals surface area contributed by atoms with Crippen molar-refractivity contribution in [1.82, 2.24) is 5.32 Å². The summed E-state index contributed by atoms with van der Waals surface area (Å²) in [6.07, 6.45) is 1.31. The molecule has 0 aliphatic carbocycles. The fourth-order valence-corrected chi connectivity index (χ4v) is 3.42. The molecule has 2 atom stereocenters. The number of carbonyl (C=O) groups is 1. The monoisotopic (exact) mass is 297 g/mol. The number of nitrogens with two attached hydrogens (primary N) is 1. The van der Waals surface area contributed by atoms with Crippen LogP contribution in [0.3, 0.4) is 0 Å². The summed E-state index contributed by atoms with van der Waals surface area (Å²) in [5.41, 5.74) is 6.54. The molecule has 20 heavy (non-hydrogen) atoms. The Bertz CT molecular complexity index is 465. The summed E-state index contributed by atoms with van der Waals surface area (Å²) in [5.74, 6) is -0.0741. The van der Waals surface area contributed by atoms with E-state index in [1.54, 1.807) is 0 Å². The normalized spacial score (nSPS) is 22.9. The highest BCUT2D eigenvalue weighted by molar-refractivity contribution is 7.18. The Morgan fingerprint density at radius 2 is 2.15 bits per heavy atom. The van der Waals surface area contributed by atoms with Crippen molar-refractivity contribution in [2.24, 2.45) is 0 Å². The van der Waals surface area contributed by atoms with E-state index in [1.807, 2.05) is 13.0 Å². The van der Waals surface area contributed by atoms with Gasteiger partial charge in [-0.15, -0.1) is 11.3 Å². The predicted molar refractivity (Wildman–Crippen MR) is 83.6 cm³/mol. The fraction of sp³-hybridized carbons (Fsp3) is 0.643. The summed E-state index contributed by atoms with van der Waals surface area (Å²) >= 11 is 1.46. The summed E-state index contributed by atoms with van der Waals surface area (Å²) in [4.78, 5) is 14.9. The second-order valence-electron chi connectivity index (χ2n) is 5.29. The minimum absolute atomic E-state index is 0.0741. The highest BCUT2D eigenvalue weighted by atomic mass is 32.1. The molecule has 0 aromatic carbocycles. The topological polar surface area (TPSA) is 67.6 Å². The summed E-state index contributed by atoms with van der Waals surface area (Å²) < 4.78 is 5.73. The fourth-order valence-electron chi connectivity index (χ4n) is 2.40. The van der Waals surface area contributed by atoms with E-state index in [9.17, 15) is 4.79 Å². The first-order chi connectivity index (χ1) is 9.51. The van der Waals surface area contributed by atoms with Crippen LogP contribution in [0.15, 0.2) is 6.07 Å². The summed E-state index contributed by atoms with van der Waals surface area (Å²) in [7, 11) is 0. The van der Waals surface area contributed by atoms with Gasteiger partial charge in [-0.1, -0.05) is 6.92 Å². The molecule has 1 saturated heterocycles. The molecular formula is C14H23N3O2S. The van der Waals surface area contributed by atoms with Crippen LogP contribution in [0.1, 0.15) is 36.9 Å². The maximum Gasteiger partial charge on any atom is 0.263 e. The molecule has 0 radical (unpaired) electrons. The summed E-state index contributed by atoms with van der Waals surface area (Å²) in [5, 5.41) is 3.92. The number of nitrogen functional groups attached to an aromatic ring is 1. The van der Waals surface area contributed by atoms with Crippen molar-refractivity contribution in [1.29, 1.82) is 0 Å². The van der Waals surface area contributed by atoms with Crippen molar-refractivity contribution in [3.8, 4) is 0 Å². The van der Waals surface area contributed by atoms with Gasteiger partial charge in [-0.3, -0.25) is 4.79 Å². The molecule has 0 bridgehead atoms. The zero-order chi connectivity index (χ0) is 14.7. The van der Waals surface area contributed by atoms with Gasteiger partial charge in [-0.05, 0) is 26.3 Å². The standard InChI is InChI=1S/C14H23N3O2S/c1-4-5-16-14(18)13-11(15)6-12(20-13)17-7-9(2)19-10(3)8-17/h6,9-10H,4-5,7-8,15H2,1-3H3,(H,16,18)/t9-,10+. The van der Waals surface area contributed by atoms with Gasteiger partial charge in [0.2, 0.25) is 0 Å². The number of carbonyl (C=O) groups excluding carboxylic acids is 1. The van der Waals surface area contributed by atoms with Crippen molar-refractivity contribution in [3.05, 3.63) is 10.9 Å². The number of anilines is 2. The van der Waals surface area contributed by atoms with Gasteiger partial charge in [0.25, 0.3) is 5.91 Å². The molecule has 2 rings (SSSR count). The molecule has 3 N–H and O–H groups in total. The van der Waals surface area contributed by atoms with E-state index in [-0.39, 0.29) is 18.1 Å². The lowest BCUT2D eigenvalue weighted by atomic mass is 10.2. The zero-order valence-corrected chi connectivity index (χ0v) is 13.1. The van der Waals surface area contributed by atoms with E-state index in [2.05, 4.69) is 24.1 Å². The van der Waals surface area contributed by atoms with Gasteiger partial charge in [0, 0.05) is 19.6 Å². The molecule has 112 valence electrons. The van der Waals surface area contributed by atoms with Crippen LogP contribution in [0.2, 0.25) is 0 Å². The first-order valence-corrected chi connectivity index (χ1v) is 7.90. The third-order valence-electron chi connectivity index (χ3n) is 3.22. The number of thiophene rings is 1. The third-order valence-corrected chi connectivity index (χ3v) is 4.43. The lowest BCUT2D eigenvalue weighted by Crippen LogP contribution is -2.45. The molecule has 6 heteroatoms. The third kappa shape index (κ3) is 3.43. The molecule has 1 aromatic rings. The van der Waals surface area contributed by atoms with E-state index in [0.29, 0.717) is 17.1 Å². The number of morpholine rings is 1. The number of rotatable bonds is 4. The first-order valence-electron chi connectivity index (χ1n) is 7.09. The highest BCUT2D eigenvalue weighted by Crippen LogP contribution is 2.33. The molecule has 5 nitrogen and oxygen atoms in total. The SMILES string of the molecule is CCCNC(=O)c1sc(N2C[C@@H](C)O[C@@H](C)C2)cc1N. The van der Waals surface area contributed by atoms with Crippen LogP contribution in [0, 0.1) is 0 Å². The summed E-state index contributed by atoms with van der Waals surface area (Å²) in [6.45, 7) is 8.50. The average Bonchev–Trinajstić information content (AvgIpc) is 2.77. The number of nitrogens with one attached hydrogen (secondary N) is 1. The Labute approximate surface area is 124 Å². The minimum atomic E-state index is -0.0741. The molecule has 1 amide bonds. The van der Waals surface area contributed by atoms with Crippen LogP contribution < -0.4 is 16.0 Å². The van der Waals surface area contributed by atoms with Crippen molar-refractivity contribution in [3.63, 3.8) is 0 Å². The molecule has 0 saturated carbocycles. The van der Waals surface area contributed by atoms with E-state index in [4.69, 9.17) is 10.5 Å². The molecule has 1 aromatic heterocycles. The Kier molecular flexibility index (Phi) is 4.88. The largest absolute Gasteiger partial charge is 0.397 e. The lowest BCUT2D eigenvalue weighted by Gasteiger charge is -2.35. The van der Waals surface area contributed by atoms with Crippen molar-refractivity contribution in [2.45, 2.75) is 39.4 Å². The first kappa shape index (κ1) is 15.1. The Morgan fingerprint density at radius 1 is 1.50 bits per heavy atom. The Morgan fingerprint density at radius 3 is 2.75 bits per heavy atom. The van der Waals surface area contributed by atoms with E-state index in [1.165, 1.54) is 11.3 Å².